The number of hydrogen-bond donors (Lipinski definition) is 1. The summed E-state index contributed by atoms with van der Waals surface area (Å²) in [6, 6.07) is 17.3. The molecule has 0 saturated carbocycles. The molecule has 0 atom stereocenters. The third kappa shape index (κ3) is 3.48. The number of carbonyl (C=O) groups is 1. The van der Waals surface area contributed by atoms with E-state index < -0.39 is 15.4 Å². The lowest BCUT2D eigenvalue weighted by Crippen LogP contribution is -1.99. The van der Waals surface area contributed by atoms with Gasteiger partial charge in [-0.15, -0.1) is 0 Å². The van der Waals surface area contributed by atoms with Crippen molar-refractivity contribution in [2.45, 2.75) is 13.0 Å². The van der Waals surface area contributed by atoms with Crippen molar-refractivity contribution in [3.63, 3.8) is 0 Å². The van der Waals surface area contributed by atoms with E-state index in [2.05, 4.69) is 0 Å². The number of aromatic carboxylic acids is 1. The zero-order chi connectivity index (χ0) is 16.1. The molecule has 0 radical (unpaired) electrons. The van der Waals surface area contributed by atoms with Crippen LogP contribution in [0.15, 0.2) is 54.6 Å². The van der Waals surface area contributed by atoms with E-state index in [1.807, 2.05) is 54.6 Å². The largest absolute Gasteiger partial charge is 0.478 e. The third-order valence-electron chi connectivity index (χ3n) is 3.29. The minimum atomic E-state index is -3.15. The van der Waals surface area contributed by atoms with Gasteiger partial charge in [0.05, 0.1) is 5.56 Å². The molecule has 0 spiro atoms. The van der Waals surface area contributed by atoms with E-state index in [1.54, 1.807) is 0 Å². The first-order chi connectivity index (χ1) is 10.5. The highest BCUT2D eigenvalue weighted by Gasteiger charge is 2.12. The van der Waals surface area contributed by atoms with Crippen LogP contribution in [0.2, 0.25) is 6.04 Å². The summed E-state index contributed by atoms with van der Waals surface area (Å²) < 4.78 is 21.8. The molecule has 2 nitrogen and oxygen atoms in total. The second-order valence-corrected chi connectivity index (χ2v) is 6.40. The molecule has 0 aliphatic heterocycles. The molecule has 0 heterocycles. The molecule has 0 fully saturated rings. The Balaban J connectivity index is 0.000000309. The molecular weight excluding hydrogens is 302 g/mol. The van der Waals surface area contributed by atoms with Crippen molar-refractivity contribution in [1.82, 2.24) is 0 Å². The van der Waals surface area contributed by atoms with E-state index in [0.29, 0.717) is 5.56 Å². The number of rotatable bonds is 2. The Morgan fingerprint density at radius 1 is 1.00 bits per heavy atom. The standard InChI is InChI=1S/C15H10O2.C2H6F2Si/c16-15(17)14-12-7-3-1-5-10(12)9-11-6-2-4-8-13(11)14;1-2-5(3)4/h1-9H,(H,16,17);5H,2H2,1H3. The molecule has 22 heavy (non-hydrogen) atoms. The Labute approximate surface area is 129 Å². The zero-order valence-corrected chi connectivity index (χ0v) is 13.2. The van der Waals surface area contributed by atoms with Gasteiger partial charge in [0.2, 0.25) is 0 Å². The predicted molar refractivity (Wildman–Crippen MR) is 88.3 cm³/mol. The molecule has 5 heteroatoms. The molecule has 0 aliphatic rings. The lowest BCUT2D eigenvalue weighted by molar-refractivity contribution is 0.0701. The molecule has 3 aromatic rings. The van der Waals surface area contributed by atoms with Crippen molar-refractivity contribution in [3.8, 4) is 0 Å². The monoisotopic (exact) mass is 318 g/mol. The Bertz CT molecular complexity index is 749. The smallest absolute Gasteiger partial charge is 0.411 e. The quantitative estimate of drug-likeness (QED) is 0.416. The molecule has 0 unspecified atom stereocenters. The third-order valence-corrected chi connectivity index (χ3v) is 3.91. The molecule has 0 bridgehead atoms. The van der Waals surface area contributed by atoms with Gasteiger partial charge >= 0.3 is 15.4 Å². The van der Waals surface area contributed by atoms with Gasteiger partial charge in [0.15, 0.2) is 0 Å². The number of carboxylic acids is 1. The number of benzene rings is 3. The van der Waals surface area contributed by atoms with E-state index in [1.165, 1.54) is 6.92 Å². The zero-order valence-electron chi connectivity index (χ0n) is 12.1. The lowest BCUT2D eigenvalue weighted by Gasteiger charge is -2.07. The Morgan fingerprint density at radius 2 is 1.41 bits per heavy atom. The molecule has 0 aliphatic carbocycles. The van der Waals surface area contributed by atoms with E-state index in [4.69, 9.17) is 0 Å². The summed E-state index contributed by atoms with van der Waals surface area (Å²) in [5, 5.41) is 12.9. The Hall–Kier alpha value is -2.27. The van der Waals surface area contributed by atoms with E-state index in [9.17, 15) is 18.1 Å². The first-order valence-electron chi connectivity index (χ1n) is 6.96. The Kier molecular flexibility index (Phi) is 5.22. The van der Waals surface area contributed by atoms with Crippen molar-refractivity contribution in [1.29, 1.82) is 0 Å². The van der Waals surface area contributed by atoms with Crippen LogP contribution in [0, 0.1) is 0 Å². The normalized spacial score (nSPS) is 10.5. The van der Waals surface area contributed by atoms with Gasteiger partial charge in [-0.25, -0.2) is 4.79 Å². The van der Waals surface area contributed by atoms with Crippen molar-refractivity contribution in [3.05, 3.63) is 60.2 Å². The second-order valence-electron chi connectivity index (χ2n) is 4.80. The van der Waals surface area contributed by atoms with Crippen molar-refractivity contribution in [2.75, 3.05) is 0 Å². The minimum Gasteiger partial charge on any atom is -0.478 e. The highest BCUT2D eigenvalue weighted by molar-refractivity contribution is 6.42. The van der Waals surface area contributed by atoms with Gasteiger partial charge in [-0.2, -0.15) is 0 Å². The Morgan fingerprint density at radius 3 is 1.77 bits per heavy atom. The molecule has 0 amide bonds. The van der Waals surface area contributed by atoms with Crippen LogP contribution in [-0.2, 0) is 0 Å². The van der Waals surface area contributed by atoms with Crippen LogP contribution in [0.4, 0.5) is 8.22 Å². The average Bonchev–Trinajstić information content (AvgIpc) is 2.52. The summed E-state index contributed by atoms with van der Waals surface area (Å²) in [7, 11) is -3.15. The fraction of sp³-hybridized carbons (Fsp3) is 0.118. The highest BCUT2D eigenvalue weighted by Crippen LogP contribution is 2.28. The van der Waals surface area contributed by atoms with Gasteiger partial charge < -0.3 is 5.11 Å². The molecule has 3 aromatic carbocycles. The maximum atomic E-state index is 11.4. The lowest BCUT2D eigenvalue weighted by atomic mass is 9.97. The first kappa shape index (κ1) is 16.1. The summed E-state index contributed by atoms with van der Waals surface area (Å²) in [4.78, 5) is 11.4. The van der Waals surface area contributed by atoms with Gasteiger partial charge in [-0.05, 0) is 33.7 Å². The van der Waals surface area contributed by atoms with Crippen molar-refractivity contribution < 1.29 is 18.1 Å². The van der Waals surface area contributed by atoms with Crippen LogP contribution < -0.4 is 0 Å². The van der Waals surface area contributed by atoms with Crippen LogP contribution in [0.1, 0.15) is 17.3 Å². The summed E-state index contributed by atoms with van der Waals surface area (Å²) in [6.45, 7) is 1.51. The van der Waals surface area contributed by atoms with Gasteiger partial charge in [0.1, 0.15) is 0 Å². The number of carboxylic acid groups (broad SMARTS) is 1. The fourth-order valence-electron chi connectivity index (χ4n) is 2.24. The van der Waals surface area contributed by atoms with Gasteiger partial charge in [-0.3, -0.25) is 8.22 Å². The number of fused-ring (bicyclic) bond motifs is 2. The summed E-state index contributed by atoms with van der Waals surface area (Å²) in [6.07, 6.45) is 0. The fourth-order valence-corrected chi connectivity index (χ4v) is 2.24. The molecule has 114 valence electrons. The highest BCUT2D eigenvalue weighted by atomic mass is 28.4. The average molecular weight is 318 g/mol. The SMILES string of the molecule is CC[SiH](F)F.O=C(O)c1c2ccccc2cc2ccccc12. The molecular formula is C17H16F2O2Si. The van der Waals surface area contributed by atoms with E-state index in [0.717, 1.165) is 21.5 Å². The second kappa shape index (κ2) is 7.13. The van der Waals surface area contributed by atoms with Gasteiger partial charge in [-0.1, -0.05) is 55.5 Å². The van der Waals surface area contributed by atoms with Crippen molar-refractivity contribution in [2.24, 2.45) is 0 Å². The minimum absolute atomic E-state index is 0.111. The summed E-state index contributed by atoms with van der Waals surface area (Å²) in [5.74, 6) is -0.877. The van der Waals surface area contributed by atoms with Crippen LogP contribution >= 0.6 is 0 Å². The molecule has 0 saturated heterocycles. The summed E-state index contributed by atoms with van der Waals surface area (Å²) in [5.41, 5.74) is 0.388. The molecule has 3 rings (SSSR count). The molecule has 1 N–H and O–H groups in total. The van der Waals surface area contributed by atoms with Gasteiger partial charge in [0, 0.05) is 0 Å². The van der Waals surface area contributed by atoms with Crippen LogP contribution in [0.5, 0.6) is 0 Å². The molecule has 0 aromatic heterocycles. The number of halogens is 2. The van der Waals surface area contributed by atoms with Crippen LogP contribution in [0.25, 0.3) is 21.5 Å². The topological polar surface area (TPSA) is 37.3 Å². The first-order valence-corrected chi connectivity index (χ1v) is 8.65. The maximum Gasteiger partial charge on any atom is 0.411 e. The predicted octanol–water partition coefficient (Wildman–Crippen LogP) is 4.86. The maximum absolute atomic E-state index is 11.4. The van der Waals surface area contributed by atoms with Crippen LogP contribution in [-0.4, -0.2) is 20.5 Å². The summed E-state index contributed by atoms with van der Waals surface area (Å²) >= 11 is 0. The van der Waals surface area contributed by atoms with Crippen molar-refractivity contribution >= 4 is 37.0 Å². The number of hydrogen-bond acceptors (Lipinski definition) is 1. The van der Waals surface area contributed by atoms with Crippen LogP contribution in [0.3, 0.4) is 0 Å². The van der Waals surface area contributed by atoms with E-state index >= 15 is 0 Å². The van der Waals surface area contributed by atoms with Gasteiger partial charge in [0.25, 0.3) is 0 Å². The van der Waals surface area contributed by atoms with E-state index in [-0.39, 0.29) is 6.04 Å².